The predicted octanol–water partition coefficient (Wildman–Crippen LogP) is 1.39. The van der Waals surface area contributed by atoms with Crippen LogP contribution < -0.4 is 5.32 Å². The van der Waals surface area contributed by atoms with Gasteiger partial charge in [-0.15, -0.1) is 0 Å². The molecule has 3 heterocycles. The number of ether oxygens (including phenoxy) is 1. The molecule has 0 saturated carbocycles. The van der Waals surface area contributed by atoms with Gasteiger partial charge in [-0.25, -0.2) is 0 Å². The van der Waals surface area contributed by atoms with Gasteiger partial charge in [0.15, 0.2) is 5.82 Å². The van der Waals surface area contributed by atoms with Crippen molar-refractivity contribution in [3.63, 3.8) is 0 Å². The molecule has 88 valence electrons. The second-order valence-electron chi connectivity index (χ2n) is 4.55. The summed E-state index contributed by atoms with van der Waals surface area (Å²) in [5.74, 6) is 1.88. The van der Waals surface area contributed by atoms with Crippen molar-refractivity contribution in [3.05, 3.63) is 11.7 Å². The third kappa shape index (κ3) is 1.97. The third-order valence-corrected chi connectivity index (χ3v) is 3.36. The van der Waals surface area contributed by atoms with Crippen LogP contribution in [0.1, 0.15) is 49.4 Å². The Kier molecular flexibility index (Phi) is 2.88. The zero-order valence-corrected chi connectivity index (χ0v) is 9.32. The molecule has 2 atom stereocenters. The lowest BCUT2D eigenvalue weighted by molar-refractivity contribution is 0.189. The van der Waals surface area contributed by atoms with Crippen molar-refractivity contribution in [2.45, 2.75) is 37.6 Å². The van der Waals surface area contributed by atoms with E-state index >= 15 is 0 Å². The first kappa shape index (κ1) is 10.2. The summed E-state index contributed by atoms with van der Waals surface area (Å²) in [5, 5.41) is 7.50. The molecular formula is C11H17N3O2. The van der Waals surface area contributed by atoms with E-state index in [1.165, 1.54) is 12.8 Å². The number of rotatable bonds is 2. The number of hydrogen-bond acceptors (Lipinski definition) is 5. The number of piperidine rings is 1. The van der Waals surface area contributed by atoms with Gasteiger partial charge >= 0.3 is 0 Å². The van der Waals surface area contributed by atoms with Crippen LogP contribution >= 0.6 is 0 Å². The van der Waals surface area contributed by atoms with Crippen LogP contribution in [0.15, 0.2) is 4.52 Å². The molecule has 0 aliphatic carbocycles. The number of hydrogen-bond donors (Lipinski definition) is 1. The molecule has 0 amide bonds. The highest BCUT2D eigenvalue weighted by atomic mass is 16.5. The fourth-order valence-corrected chi connectivity index (χ4v) is 2.36. The second-order valence-corrected chi connectivity index (χ2v) is 4.55. The van der Waals surface area contributed by atoms with E-state index in [1.807, 2.05) is 0 Å². The monoisotopic (exact) mass is 223 g/mol. The van der Waals surface area contributed by atoms with Crippen LogP contribution in [0.3, 0.4) is 0 Å². The van der Waals surface area contributed by atoms with E-state index in [4.69, 9.17) is 9.26 Å². The second kappa shape index (κ2) is 4.51. The molecule has 2 aliphatic heterocycles. The molecule has 1 aromatic rings. The highest BCUT2D eigenvalue weighted by molar-refractivity contribution is 5.00. The van der Waals surface area contributed by atoms with E-state index in [0.29, 0.717) is 5.92 Å². The highest BCUT2D eigenvalue weighted by Gasteiger charge is 2.26. The van der Waals surface area contributed by atoms with Crippen molar-refractivity contribution >= 4 is 0 Å². The first-order valence-electron chi connectivity index (χ1n) is 6.08. The molecule has 5 heteroatoms. The topological polar surface area (TPSA) is 60.2 Å². The molecule has 0 spiro atoms. The van der Waals surface area contributed by atoms with Gasteiger partial charge in [0.1, 0.15) is 0 Å². The maximum Gasteiger partial charge on any atom is 0.232 e. The molecular weight excluding hydrogens is 206 g/mol. The zero-order chi connectivity index (χ0) is 10.8. The van der Waals surface area contributed by atoms with Gasteiger partial charge in [-0.3, -0.25) is 0 Å². The summed E-state index contributed by atoms with van der Waals surface area (Å²) in [4.78, 5) is 4.50. The largest absolute Gasteiger partial charge is 0.381 e. The van der Waals surface area contributed by atoms with Gasteiger partial charge in [-0.05, 0) is 25.8 Å². The molecule has 1 N–H and O–H groups in total. The van der Waals surface area contributed by atoms with Crippen LogP contribution in [-0.4, -0.2) is 29.9 Å². The minimum Gasteiger partial charge on any atom is -0.381 e. The average molecular weight is 223 g/mol. The lowest BCUT2D eigenvalue weighted by atomic mass is 10.0. The summed E-state index contributed by atoms with van der Waals surface area (Å²) in [6, 6.07) is 0.286. The van der Waals surface area contributed by atoms with Crippen LogP contribution in [0.4, 0.5) is 0 Å². The van der Waals surface area contributed by atoms with Gasteiger partial charge in [0.25, 0.3) is 0 Å². The van der Waals surface area contributed by atoms with Crippen LogP contribution in [-0.2, 0) is 4.74 Å². The summed E-state index contributed by atoms with van der Waals surface area (Å²) in [7, 11) is 0. The molecule has 2 saturated heterocycles. The number of nitrogens with zero attached hydrogens (tertiary/aromatic N) is 2. The fourth-order valence-electron chi connectivity index (χ4n) is 2.36. The first-order chi connectivity index (χ1) is 7.93. The first-order valence-corrected chi connectivity index (χ1v) is 6.08. The Balaban J connectivity index is 1.71. The summed E-state index contributed by atoms with van der Waals surface area (Å²) >= 11 is 0. The van der Waals surface area contributed by atoms with Crippen LogP contribution in [0.25, 0.3) is 0 Å². The summed E-state index contributed by atoms with van der Waals surface area (Å²) in [5.41, 5.74) is 0. The predicted molar refractivity (Wildman–Crippen MR) is 57.1 cm³/mol. The molecule has 16 heavy (non-hydrogen) atoms. The van der Waals surface area contributed by atoms with Crippen LogP contribution in [0.5, 0.6) is 0 Å². The molecule has 0 aromatic carbocycles. The van der Waals surface area contributed by atoms with Crippen molar-refractivity contribution in [1.82, 2.24) is 15.5 Å². The molecule has 2 aliphatic rings. The van der Waals surface area contributed by atoms with E-state index in [1.54, 1.807) is 0 Å². The van der Waals surface area contributed by atoms with Crippen molar-refractivity contribution in [2.75, 3.05) is 19.8 Å². The highest BCUT2D eigenvalue weighted by Crippen LogP contribution is 2.26. The molecule has 1 aromatic heterocycles. The van der Waals surface area contributed by atoms with Gasteiger partial charge in [0.2, 0.25) is 5.89 Å². The summed E-state index contributed by atoms with van der Waals surface area (Å²) < 4.78 is 10.6. The smallest absolute Gasteiger partial charge is 0.232 e. The van der Waals surface area contributed by atoms with Crippen LogP contribution in [0.2, 0.25) is 0 Å². The van der Waals surface area contributed by atoms with Crippen molar-refractivity contribution in [2.24, 2.45) is 0 Å². The molecule has 3 rings (SSSR count). The summed E-state index contributed by atoms with van der Waals surface area (Å²) in [6.45, 7) is 2.59. The maximum absolute atomic E-state index is 5.32. The maximum atomic E-state index is 5.32. The van der Waals surface area contributed by atoms with E-state index < -0.39 is 0 Å². The van der Waals surface area contributed by atoms with E-state index in [9.17, 15) is 0 Å². The van der Waals surface area contributed by atoms with Crippen molar-refractivity contribution in [3.8, 4) is 0 Å². The molecule has 0 radical (unpaired) electrons. The van der Waals surface area contributed by atoms with Gasteiger partial charge < -0.3 is 14.6 Å². The standard InChI is InChI=1S/C11H17N3O2/c1-2-5-12-9(3-1)10-13-11(16-14-10)8-4-6-15-7-8/h8-9,12H,1-7H2. The molecule has 5 nitrogen and oxygen atoms in total. The molecule has 2 unspecified atom stereocenters. The van der Waals surface area contributed by atoms with Gasteiger partial charge in [-0.2, -0.15) is 4.98 Å². The Morgan fingerprint density at radius 2 is 2.25 bits per heavy atom. The van der Waals surface area contributed by atoms with E-state index in [-0.39, 0.29) is 6.04 Å². The minimum absolute atomic E-state index is 0.286. The Labute approximate surface area is 94.6 Å². The van der Waals surface area contributed by atoms with Crippen molar-refractivity contribution in [1.29, 1.82) is 0 Å². The Morgan fingerprint density at radius 1 is 1.25 bits per heavy atom. The van der Waals surface area contributed by atoms with Gasteiger partial charge in [0, 0.05) is 6.61 Å². The molecule has 0 bridgehead atoms. The number of aromatic nitrogens is 2. The molecule has 2 fully saturated rings. The van der Waals surface area contributed by atoms with Gasteiger partial charge in [0.05, 0.1) is 18.6 Å². The summed E-state index contributed by atoms with van der Waals surface area (Å²) in [6.07, 6.45) is 4.60. The Morgan fingerprint density at radius 3 is 3.00 bits per heavy atom. The number of nitrogens with one attached hydrogen (secondary N) is 1. The van der Waals surface area contributed by atoms with E-state index in [0.717, 1.165) is 44.3 Å². The fraction of sp³-hybridized carbons (Fsp3) is 0.818. The lowest BCUT2D eigenvalue weighted by Gasteiger charge is -2.19. The Bertz CT molecular complexity index is 341. The van der Waals surface area contributed by atoms with Crippen LogP contribution in [0, 0.1) is 0 Å². The van der Waals surface area contributed by atoms with E-state index in [2.05, 4.69) is 15.5 Å². The quantitative estimate of drug-likeness (QED) is 0.821. The van der Waals surface area contributed by atoms with Crippen molar-refractivity contribution < 1.29 is 9.26 Å². The zero-order valence-electron chi connectivity index (χ0n) is 9.32. The third-order valence-electron chi connectivity index (χ3n) is 3.36. The minimum atomic E-state index is 0.286. The normalized spacial score (nSPS) is 30.8. The lowest BCUT2D eigenvalue weighted by Crippen LogP contribution is -2.27. The Hall–Kier alpha value is -0.940. The average Bonchev–Trinajstić information content (AvgIpc) is 3.01. The SMILES string of the molecule is C1CCC(c2noc(C3CCOC3)n2)NC1. The van der Waals surface area contributed by atoms with Gasteiger partial charge in [-0.1, -0.05) is 11.6 Å².